The minimum atomic E-state index is 0. The van der Waals surface area contributed by atoms with Crippen molar-refractivity contribution in [3.8, 4) is 0 Å². The molecule has 2 atom stereocenters. The third-order valence-electron chi connectivity index (χ3n) is 3.32. The third kappa shape index (κ3) is 5.17. The molecule has 0 aromatic heterocycles. The molecule has 16 heavy (non-hydrogen) atoms. The van der Waals surface area contributed by atoms with Crippen molar-refractivity contribution in [1.82, 2.24) is 5.32 Å². The average Bonchev–Trinajstić information content (AvgIpc) is 2.65. The first-order valence-electron chi connectivity index (χ1n) is 6.27. The first kappa shape index (κ1) is 15.7. The fourth-order valence-corrected chi connectivity index (χ4v) is 2.32. The Labute approximate surface area is 105 Å². The molecule has 4 heteroatoms. The van der Waals surface area contributed by atoms with Crippen molar-refractivity contribution >= 4 is 18.3 Å². The molecule has 0 radical (unpaired) electrons. The van der Waals surface area contributed by atoms with E-state index in [0.29, 0.717) is 24.9 Å². The Balaban J connectivity index is 0.00000225. The number of nitrogens with two attached hydrogens (primary N) is 1. The SMILES string of the molecule is CCCCCC(=O)NC1CCCC1CN.Cl. The van der Waals surface area contributed by atoms with E-state index in [9.17, 15) is 4.79 Å². The van der Waals surface area contributed by atoms with Gasteiger partial charge in [-0.1, -0.05) is 26.2 Å². The number of nitrogens with one attached hydrogen (secondary N) is 1. The van der Waals surface area contributed by atoms with E-state index < -0.39 is 0 Å². The first-order chi connectivity index (χ1) is 7.27. The summed E-state index contributed by atoms with van der Waals surface area (Å²) in [7, 11) is 0. The number of unbranched alkanes of at least 4 members (excludes halogenated alkanes) is 2. The second-order valence-electron chi connectivity index (χ2n) is 4.56. The van der Waals surface area contributed by atoms with Crippen LogP contribution in [0.25, 0.3) is 0 Å². The lowest BCUT2D eigenvalue weighted by atomic mass is 10.0. The van der Waals surface area contributed by atoms with Crippen LogP contribution in [0.3, 0.4) is 0 Å². The minimum absolute atomic E-state index is 0. The number of rotatable bonds is 6. The molecule has 1 rings (SSSR count). The van der Waals surface area contributed by atoms with Crippen LogP contribution in [0.2, 0.25) is 0 Å². The molecule has 0 aromatic carbocycles. The summed E-state index contributed by atoms with van der Waals surface area (Å²) in [6, 6.07) is 0.351. The van der Waals surface area contributed by atoms with Crippen molar-refractivity contribution < 1.29 is 4.79 Å². The fraction of sp³-hybridized carbons (Fsp3) is 0.917. The van der Waals surface area contributed by atoms with Crippen LogP contribution in [-0.4, -0.2) is 18.5 Å². The number of carbonyl (C=O) groups excluding carboxylic acids is 1. The zero-order chi connectivity index (χ0) is 11.1. The predicted octanol–water partition coefficient (Wildman–Crippen LogP) is 2.23. The zero-order valence-corrected chi connectivity index (χ0v) is 11.0. The van der Waals surface area contributed by atoms with Crippen LogP contribution in [0.4, 0.5) is 0 Å². The molecule has 1 amide bonds. The topological polar surface area (TPSA) is 55.1 Å². The van der Waals surface area contributed by atoms with E-state index >= 15 is 0 Å². The predicted molar refractivity (Wildman–Crippen MR) is 69.7 cm³/mol. The molecular weight excluding hydrogens is 224 g/mol. The summed E-state index contributed by atoms with van der Waals surface area (Å²) in [6.45, 7) is 2.86. The fourth-order valence-electron chi connectivity index (χ4n) is 2.32. The lowest BCUT2D eigenvalue weighted by Gasteiger charge is -2.19. The molecule has 0 aromatic rings. The minimum Gasteiger partial charge on any atom is -0.353 e. The highest BCUT2D eigenvalue weighted by molar-refractivity contribution is 5.85. The number of carbonyl (C=O) groups is 1. The number of hydrogen-bond donors (Lipinski definition) is 2. The molecule has 1 aliphatic carbocycles. The Bertz CT molecular complexity index is 199. The van der Waals surface area contributed by atoms with Gasteiger partial charge in [-0.2, -0.15) is 0 Å². The van der Waals surface area contributed by atoms with Gasteiger partial charge in [-0.3, -0.25) is 4.79 Å². The zero-order valence-electron chi connectivity index (χ0n) is 10.2. The smallest absolute Gasteiger partial charge is 0.220 e. The Hall–Kier alpha value is -0.280. The molecule has 3 nitrogen and oxygen atoms in total. The van der Waals surface area contributed by atoms with E-state index in [4.69, 9.17) is 5.73 Å². The van der Waals surface area contributed by atoms with Crippen LogP contribution < -0.4 is 11.1 Å². The Morgan fingerprint density at radius 3 is 2.75 bits per heavy atom. The Morgan fingerprint density at radius 1 is 1.38 bits per heavy atom. The van der Waals surface area contributed by atoms with Gasteiger partial charge in [0.25, 0.3) is 0 Å². The molecule has 3 N–H and O–H groups in total. The summed E-state index contributed by atoms with van der Waals surface area (Å²) in [6.07, 6.45) is 7.52. The molecule has 1 saturated carbocycles. The summed E-state index contributed by atoms with van der Waals surface area (Å²) in [4.78, 5) is 11.6. The largest absolute Gasteiger partial charge is 0.353 e. The number of hydrogen-bond acceptors (Lipinski definition) is 2. The van der Waals surface area contributed by atoms with E-state index in [0.717, 1.165) is 19.3 Å². The lowest BCUT2D eigenvalue weighted by Crippen LogP contribution is -2.39. The van der Waals surface area contributed by atoms with Gasteiger partial charge >= 0.3 is 0 Å². The van der Waals surface area contributed by atoms with Crippen molar-refractivity contribution in [3.63, 3.8) is 0 Å². The summed E-state index contributed by atoms with van der Waals surface area (Å²) in [5.74, 6) is 0.730. The average molecular weight is 249 g/mol. The first-order valence-corrected chi connectivity index (χ1v) is 6.27. The van der Waals surface area contributed by atoms with Crippen molar-refractivity contribution in [2.24, 2.45) is 11.7 Å². The highest BCUT2D eigenvalue weighted by atomic mass is 35.5. The van der Waals surface area contributed by atoms with Gasteiger partial charge in [-0.25, -0.2) is 0 Å². The maximum absolute atomic E-state index is 11.6. The van der Waals surface area contributed by atoms with E-state index in [1.165, 1.54) is 19.3 Å². The molecule has 0 bridgehead atoms. The molecule has 0 heterocycles. The molecule has 0 aliphatic heterocycles. The maximum atomic E-state index is 11.6. The molecule has 1 aliphatic rings. The highest BCUT2D eigenvalue weighted by Crippen LogP contribution is 2.24. The lowest BCUT2D eigenvalue weighted by molar-refractivity contribution is -0.122. The van der Waals surface area contributed by atoms with Crippen LogP contribution in [0.15, 0.2) is 0 Å². The molecule has 0 spiro atoms. The van der Waals surface area contributed by atoms with Crippen LogP contribution in [0.5, 0.6) is 0 Å². The van der Waals surface area contributed by atoms with Gasteiger partial charge in [0, 0.05) is 12.5 Å². The Morgan fingerprint density at radius 2 is 2.12 bits per heavy atom. The van der Waals surface area contributed by atoms with Crippen LogP contribution in [0, 0.1) is 5.92 Å². The van der Waals surface area contributed by atoms with E-state index in [1.54, 1.807) is 0 Å². The molecular formula is C12H25ClN2O. The van der Waals surface area contributed by atoms with Gasteiger partial charge in [0.15, 0.2) is 0 Å². The van der Waals surface area contributed by atoms with Gasteiger partial charge < -0.3 is 11.1 Å². The van der Waals surface area contributed by atoms with Crippen molar-refractivity contribution in [2.75, 3.05) is 6.54 Å². The summed E-state index contributed by atoms with van der Waals surface area (Å²) < 4.78 is 0. The second-order valence-corrected chi connectivity index (χ2v) is 4.56. The van der Waals surface area contributed by atoms with Gasteiger partial charge in [0.05, 0.1) is 0 Å². The summed E-state index contributed by atoms with van der Waals surface area (Å²) in [5.41, 5.74) is 5.67. The van der Waals surface area contributed by atoms with Crippen LogP contribution >= 0.6 is 12.4 Å². The highest BCUT2D eigenvalue weighted by Gasteiger charge is 2.26. The van der Waals surface area contributed by atoms with Gasteiger partial charge in [0.1, 0.15) is 0 Å². The van der Waals surface area contributed by atoms with Crippen molar-refractivity contribution in [3.05, 3.63) is 0 Å². The summed E-state index contributed by atoms with van der Waals surface area (Å²) in [5, 5.41) is 3.12. The Kier molecular flexibility index (Phi) is 8.67. The van der Waals surface area contributed by atoms with Crippen LogP contribution in [-0.2, 0) is 4.79 Å². The molecule has 96 valence electrons. The van der Waals surface area contributed by atoms with Gasteiger partial charge in [-0.15, -0.1) is 12.4 Å². The van der Waals surface area contributed by atoms with E-state index in [-0.39, 0.29) is 18.3 Å². The van der Waals surface area contributed by atoms with E-state index in [2.05, 4.69) is 12.2 Å². The van der Waals surface area contributed by atoms with E-state index in [1.807, 2.05) is 0 Å². The second kappa shape index (κ2) is 8.82. The third-order valence-corrected chi connectivity index (χ3v) is 3.32. The standard InChI is InChI=1S/C12H24N2O.ClH/c1-2-3-4-8-12(15)14-11-7-5-6-10(11)9-13;/h10-11H,2-9,13H2,1H3,(H,14,15);1H. The molecule has 2 unspecified atom stereocenters. The quantitative estimate of drug-likeness (QED) is 0.709. The summed E-state index contributed by atoms with van der Waals surface area (Å²) >= 11 is 0. The maximum Gasteiger partial charge on any atom is 0.220 e. The monoisotopic (exact) mass is 248 g/mol. The molecule has 0 saturated heterocycles. The van der Waals surface area contributed by atoms with Crippen molar-refractivity contribution in [2.45, 2.75) is 57.9 Å². The van der Waals surface area contributed by atoms with Gasteiger partial charge in [0.2, 0.25) is 5.91 Å². The van der Waals surface area contributed by atoms with Gasteiger partial charge in [-0.05, 0) is 31.7 Å². The molecule has 1 fully saturated rings. The number of halogens is 1. The van der Waals surface area contributed by atoms with Crippen molar-refractivity contribution in [1.29, 1.82) is 0 Å². The number of amides is 1. The normalized spacial score (nSPS) is 23.9. The van der Waals surface area contributed by atoms with Crippen LogP contribution in [0.1, 0.15) is 51.9 Å².